The molecule has 2 aromatic heterocycles. The SMILES string of the molecule is Nc1nc2[nH]cc(S)c2c(=O)[nH]1. The fraction of sp³-hybridized carbons (Fsp3) is 0. The van der Waals surface area contributed by atoms with Crippen molar-refractivity contribution in [3.63, 3.8) is 0 Å². The van der Waals surface area contributed by atoms with Crippen molar-refractivity contribution >= 4 is 29.6 Å². The second-order valence-corrected chi connectivity index (χ2v) is 2.83. The van der Waals surface area contributed by atoms with Gasteiger partial charge in [0.25, 0.3) is 5.56 Å². The molecule has 2 heterocycles. The fourth-order valence-electron chi connectivity index (χ4n) is 1.04. The Morgan fingerprint density at radius 2 is 2.33 bits per heavy atom. The van der Waals surface area contributed by atoms with Crippen LogP contribution < -0.4 is 11.3 Å². The molecule has 0 atom stereocenters. The van der Waals surface area contributed by atoms with E-state index in [0.717, 1.165) is 0 Å². The summed E-state index contributed by atoms with van der Waals surface area (Å²) in [5.41, 5.74) is 5.51. The largest absolute Gasteiger partial charge is 0.369 e. The van der Waals surface area contributed by atoms with E-state index >= 15 is 0 Å². The molecule has 5 nitrogen and oxygen atoms in total. The number of thiol groups is 1. The maximum Gasteiger partial charge on any atom is 0.262 e. The van der Waals surface area contributed by atoms with Crippen LogP contribution in [0.3, 0.4) is 0 Å². The highest BCUT2D eigenvalue weighted by molar-refractivity contribution is 7.80. The van der Waals surface area contributed by atoms with Crippen LogP contribution in [0.5, 0.6) is 0 Å². The average Bonchev–Trinajstić information content (AvgIpc) is 2.31. The summed E-state index contributed by atoms with van der Waals surface area (Å²) in [6.07, 6.45) is 1.59. The van der Waals surface area contributed by atoms with Crippen LogP contribution in [0.4, 0.5) is 5.95 Å². The Kier molecular flexibility index (Phi) is 1.37. The van der Waals surface area contributed by atoms with Crippen LogP contribution in [0.15, 0.2) is 15.9 Å². The molecule has 0 aliphatic heterocycles. The standard InChI is InChI=1S/C6H6N4OS/c7-6-9-4-3(5(11)10-6)2(12)1-8-4/h1,12H,(H4,7,8,9,10,11). The Hall–Kier alpha value is -1.43. The predicted molar refractivity (Wildman–Crippen MR) is 48.4 cm³/mol. The molecule has 0 amide bonds. The van der Waals surface area contributed by atoms with Gasteiger partial charge in [0, 0.05) is 11.1 Å². The summed E-state index contributed by atoms with van der Waals surface area (Å²) >= 11 is 4.07. The first-order chi connectivity index (χ1) is 5.68. The molecule has 2 rings (SSSR count). The minimum Gasteiger partial charge on any atom is -0.369 e. The summed E-state index contributed by atoms with van der Waals surface area (Å²) < 4.78 is 0. The lowest BCUT2D eigenvalue weighted by molar-refractivity contribution is 1.17. The lowest BCUT2D eigenvalue weighted by atomic mass is 10.4. The minimum atomic E-state index is -0.274. The summed E-state index contributed by atoms with van der Waals surface area (Å²) in [7, 11) is 0. The Morgan fingerprint density at radius 1 is 1.58 bits per heavy atom. The molecule has 0 saturated heterocycles. The zero-order chi connectivity index (χ0) is 8.72. The molecule has 6 heteroatoms. The molecule has 0 aliphatic carbocycles. The van der Waals surface area contributed by atoms with Crippen molar-refractivity contribution in [2.45, 2.75) is 4.90 Å². The van der Waals surface area contributed by atoms with E-state index in [1.165, 1.54) is 0 Å². The number of H-pyrrole nitrogens is 2. The van der Waals surface area contributed by atoms with E-state index in [-0.39, 0.29) is 11.5 Å². The summed E-state index contributed by atoms with van der Waals surface area (Å²) in [6, 6.07) is 0. The lowest BCUT2D eigenvalue weighted by Gasteiger charge is -1.91. The first-order valence-corrected chi connectivity index (χ1v) is 3.69. The van der Waals surface area contributed by atoms with Gasteiger partial charge in [0.05, 0.1) is 5.39 Å². The number of hydrogen-bond acceptors (Lipinski definition) is 4. The number of nitrogen functional groups attached to an aromatic ring is 1. The Labute approximate surface area is 72.4 Å². The maximum absolute atomic E-state index is 11.2. The van der Waals surface area contributed by atoms with Crippen molar-refractivity contribution in [2.24, 2.45) is 0 Å². The molecule has 4 N–H and O–H groups in total. The van der Waals surface area contributed by atoms with Crippen LogP contribution in [0.1, 0.15) is 0 Å². The third-order valence-corrected chi connectivity index (χ3v) is 1.89. The number of aromatic nitrogens is 3. The number of hydrogen-bond donors (Lipinski definition) is 4. The van der Waals surface area contributed by atoms with Gasteiger partial charge in [-0.2, -0.15) is 4.98 Å². The zero-order valence-corrected chi connectivity index (χ0v) is 6.85. The monoisotopic (exact) mass is 182 g/mol. The van der Waals surface area contributed by atoms with Crippen molar-refractivity contribution in [3.8, 4) is 0 Å². The fourth-order valence-corrected chi connectivity index (χ4v) is 1.31. The predicted octanol–water partition coefficient (Wildman–Crippen LogP) is 0.122. The van der Waals surface area contributed by atoms with E-state index in [1.807, 2.05) is 0 Å². The van der Waals surface area contributed by atoms with Gasteiger partial charge in [0.15, 0.2) is 0 Å². The van der Waals surface area contributed by atoms with Gasteiger partial charge in [-0.1, -0.05) is 0 Å². The van der Waals surface area contributed by atoms with Crippen molar-refractivity contribution < 1.29 is 0 Å². The Morgan fingerprint density at radius 3 is 3.08 bits per heavy atom. The molecule has 0 bridgehead atoms. The van der Waals surface area contributed by atoms with Gasteiger partial charge >= 0.3 is 0 Å². The van der Waals surface area contributed by atoms with Gasteiger partial charge in [0.2, 0.25) is 5.95 Å². The highest BCUT2D eigenvalue weighted by Gasteiger charge is 2.06. The Bertz CT molecular complexity index is 486. The van der Waals surface area contributed by atoms with Crippen LogP contribution in [0.25, 0.3) is 11.0 Å². The van der Waals surface area contributed by atoms with Crippen LogP contribution in [-0.2, 0) is 0 Å². The van der Waals surface area contributed by atoms with Gasteiger partial charge in [-0.3, -0.25) is 9.78 Å². The van der Waals surface area contributed by atoms with Gasteiger partial charge < -0.3 is 10.7 Å². The van der Waals surface area contributed by atoms with Crippen molar-refractivity contribution in [1.29, 1.82) is 0 Å². The van der Waals surface area contributed by atoms with Gasteiger partial charge in [-0.15, -0.1) is 12.6 Å². The summed E-state index contributed by atoms with van der Waals surface area (Å²) in [5.74, 6) is 0.0997. The van der Waals surface area contributed by atoms with Crippen molar-refractivity contribution in [2.75, 3.05) is 5.73 Å². The second-order valence-electron chi connectivity index (χ2n) is 2.35. The molecule has 0 aromatic carbocycles. The van der Waals surface area contributed by atoms with E-state index in [9.17, 15) is 4.79 Å². The molecular weight excluding hydrogens is 176 g/mol. The smallest absolute Gasteiger partial charge is 0.262 e. The van der Waals surface area contributed by atoms with Crippen LogP contribution in [-0.4, -0.2) is 15.0 Å². The first kappa shape index (κ1) is 7.23. The number of anilines is 1. The number of nitrogens with one attached hydrogen (secondary N) is 2. The molecular formula is C6H6N4OS. The summed E-state index contributed by atoms with van der Waals surface area (Å²) in [5, 5.41) is 0.438. The first-order valence-electron chi connectivity index (χ1n) is 3.24. The zero-order valence-electron chi connectivity index (χ0n) is 5.96. The third kappa shape index (κ3) is 0.884. The van der Waals surface area contributed by atoms with E-state index in [0.29, 0.717) is 15.9 Å². The number of nitrogens with two attached hydrogens (primary N) is 1. The van der Waals surface area contributed by atoms with Gasteiger partial charge in [-0.25, -0.2) is 0 Å². The quantitative estimate of drug-likeness (QED) is 0.436. The maximum atomic E-state index is 11.2. The topological polar surface area (TPSA) is 87.6 Å². The molecule has 0 radical (unpaired) electrons. The molecule has 2 aromatic rings. The van der Waals surface area contributed by atoms with E-state index < -0.39 is 0 Å². The van der Waals surface area contributed by atoms with Crippen molar-refractivity contribution in [3.05, 3.63) is 16.6 Å². The van der Waals surface area contributed by atoms with Crippen LogP contribution in [0.2, 0.25) is 0 Å². The third-order valence-electron chi connectivity index (χ3n) is 1.54. The number of nitrogens with zero attached hydrogens (tertiary/aromatic N) is 1. The summed E-state index contributed by atoms with van der Waals surface area (Å²) in [6.45, 7) is 0. The number of rotatable bonds is 0. The number of aromatic amines is 2. The highest BCUT2D eigenvalue weighted by atomic mass is 32.1. The number of fused-ring (bicyclic) bond motifs is 1. The molecule has 0 spiro atoms. The van der Waals surface area contributed by atoms with E-state index in [2.05, 4.69) is 27.6 Å². The minimum absolute atomic E-state index is 0.0997. The lowest BCUT2D eigenvalue weighted by Crippen LogP contribution is -2.10. The normalized spacial score (nSPS) is 10.8. The van der Waals surface area contributed by atoms with Crippen LogP contribution >= 0.6 is 12.6 Å². The molecule has 12 heavy (non-hydrogen) atoms. The molecule has 0 saturated carbocycles. The van der Waals surface area contributed by atoms with E-state index in [1.54, 1.807) is 6.20 Å². The second kappa shape index (κ2) is 2.28. The van der Waals surface area contributed by atoms with Crippen molar-refractivity contribution in [1.82, 2.24) is 15.0 Å². The Balaban J connectivity index is 3.03. The van der Waals surface area contributed by atoms with Crippen LogP contribution in [0, 0.1) is 0 Å². The molecule has 62 valence electrons. The average molecular weight is 182 g/mol. The molecule has 0 unspecified atom stereocenters. The molecule has 0 aliphatic rings. The van der Waals surface area contributed by atoms with E-state index in [4.69, 9.17) is 5.73 Å². The molecule has 0 fully saturated rings. The van der Waals surface area contributed by atoms with Gasteiger partial charge in [0.1, 0.15) is 5.65 Å². The summed E-state index contributed by atoms with van der Waals surface area (Å²) in [4.78, 5) is 20.8. The van der Waals surface area contributed by atoms with Gasteiger partial charge in [-0.05, 0) is 0 Å². The highest BCUT2D eigenvalue weighted by Crippen LogP contribution is 2.15.